The van der Waals surface area contributed by atoms with Gasteiger partial charge in [0.25, 0.3) is 5.56 Å². The number of aromatic nitrogens is 2. The zero-order valence-electron chi connectivity index (χ0n) is 19.5. The number of piperidine rings is 1. The van der Waals surface area contributed by atoms with E-state index in [1.807, 2.05) is 22.7 Å². The summed E-state index contributed by atoms with van der Waals surface area (Å²) in [6.07, 6.45) is 5.34. The average molecular weight is 474 g/mol. The fourth-order valence-electron chi connectivity index (χ4n) is 7.74. The molecule has 8 rings (SSSR count). The van der Waals surface area contributed by atoms with E-state index in [2.05, 4.69) is 9.88 Å². The largest absolute Gasteiger partial charge is 0.504 e. The second-order valence-electron chi connectivity index (χ2n) is 11.0. The van der Waals surface area contributed by atoms with Crippen molar-refractivity contribution in [2.24, 2.45) is 5.92 Å². The molecule has 3 aromatic rings. The van der Waals surface area contributed by atoms with Gasteiger partial charge in [-0.1, -0.05) is 6.07 Å². The Labute approximate surface area is 201 Å². The first kappa shape index (κ1) is 20.1. The number of rotatable bonds is 3. The van der Waals surface area contributed by atoms with Crippen LogP contribution in [0.15, 0.2) is 35.3 Å². The summed E-state index contributed by atoms with van der Waals surface area (Å²) in [5.74, 6) is 1.73. The molecule has 1 saturated carbocycles. The van der Waals surface area contributed by atoms with E-state index in [-0.39, 0.29) is 23.8 Å². The van der Waals surface area contributed by atoms with Crippen molar-refractivity contribution in [3.63, 3.8) is 0 Å². The molecule has 1 spiro atoms. The van der Waals surface area contributed by atoms with Gasteiger partial charge in [0.1, 0.15) is 0 Å². The summed E-state index contributed by atoms with van der Waals surface area (Å²) >= 11 is 0. The predicted octanol–water partition coefficient (Wildman–Crippen LogP) is 2.11. The smallest absolute Gasteiger partial charge is 0.277 e. The van der Waals surface area contributed by atoms with E-state index in [0.29, 0.717) is 47.2 Å². The number of aliphatic hydroxyl groups is 1. The van der Waals surface area contributed by atoms with E-state index in [1.54, 1.807) is 19.2 Å². The highest BCUT2D eigenvalue weighted by Gasteiger charge is 2.73. The normalized spacial score (nSPS) is 32.2. The summed E-state index contributed by atoms with van der Waals surface area (Å²) in [6, 6.07) is 7.22. The van der Waals surface area contributed by atoms with Gasteiger partial charge in [0.15, 0.2) is 29.0 Å². The number of benzene rings is 1. The summed E-state index contributed by atoms with van der Waals surface area (Å²) in [6.45, 7) is 1.84. The molecule has 8 nitrogen and oxygen atoms in total. The van der Waals surface area contributed by atoms with Crippen LogP contribution in [0.1, 0.15) is 47.8 Å². The number of likely N-dealkylation sites (tertiary alicyclic amines) is 1. The van der Waals surface area contributed by atoms with Crippen LogP contribution >= 0.6 is 0 Å². The Kier molecular flexibility index (Phi) is 3.66. The van der Waals surface area contributed by atoms with Crippen molar-refractivity contribution >= 4 is 5.65 Å². The predicted molar refractivity (Wildman–Crippen MR) is 126 cm³/mol. The standard InChI is InChI=1S/C27H27N3O5/c1-34-18-3-2-9-30-21-16(25(32)28-24(18)30)12-27(33)19-11-15-6-7-17(31)22-20(15)26(27,23(21)35-22)8-10-29(19)13-14-4-5-14/h2-3,6-7,9,14,19,23,31,33H,4-5,8,10-13H2,1H3/t19-,23+,26+,27-/m1/s1. The molecule has 2 bridgehead atoms. The zero-order valence-corrected chi connectivity index (χ0v) is 19.5. The second-order valence-corrected chi connectivity index (χ2v) is 11.0. The van der Waals surface area contributed by atoms with E-state index < -0.39 is 17.1 Å². The molecule has 0 amide bonds. The Bertz CT molecular complexity index is 1500. The van der Waals surface area contributed by atoms with E-state index in [0.717, 1.165) is 24.2 Å². The van der Waals surface area contributed by atoms with Crippen LogP contribution in [-0.2, 0) is 18.3 Å². The third kappa shape index (κ3) is 2.26. The summed E-state index contributed by atoms with van der Waals surface area (Å²) in [5.41, 5.74) is 1.40. The van der Waals surface area contributed by atoms with Crippen LogP contribution in [0.25, 0.3) is 5.65 Å². The highest BCUT2D eigenvalue weighted by atomic mass is 16.5. The van der Waals surface area contributed by atoms with Crippen molar-refractivity contribution in [2.45, 2.75) is 55.3 Å². The Hall–Kier alpha value is -3.10. The van der Waals surface area contributed by atoms with Gasteiger partial charge in [0, 0.05) is 36.3 Å². The van der Waals surface area contributed by atoms with Crippen molar-refractivity contribution < 1.29 is 19.7 Å². The molecule has 0 radical (unpaired) electrons. The number of fused-ring (bicyclic) bond motifs is 4. The lowest BCUT2D eigenvalue weighted by Crippen LogP contribution is -2.75. The lowest BCUT2D eigenvalue weighted by Gasteiger charge is -2.62. The summed E-state index contributed by atoms with van der Waals surface area (Å²) in [5, 5.41) is 23.6. The van der Waals surface area contributed by atoms with Crippen LogP contribution in [-0.4, -0.2) is 56.3 Å². The van der Waals surface area contributed by atoms with Gasteiger partial charge in [-0.3, -0.25) is 14.1 Å². The number of hydrogen-bond donors (Lipinski definition) is 2. The Morgan fingerprint density at radius 2 is 2.14 bits per heavy atom. The SMILES string of the molecule is COc1cccn2c3c(c(=O)nc12)C[C@@]1(O)[C@H]2Cc4ccc(O)c5c4[C@@]1(CCN2CC1CC1)[C@H]3O5. The van der Waals surface area contributed by atoms with E-state index >= 15 is 0 Å². The highest BCUT2D eigenvalue weighted by molar-refractivity contribution is 5.65. The maximum absolute atomic E-state index is 13.5. The molecule has 5 aliphatic rings. The molecule has 35 heavy (non-hydrogen) atoms. The molecule has 4 heterocycles. The molecule has 4 atom stereocenters. The first-order valence-corrected chi connectivity index (χ1v) is 12.5. The molecule has 1 aromatic carbocycles. The van der Waals surface area contributed by atoms with Gasteiger partial charge in [-0.15, -0.1) is 0 Å². The quantitative estimate of drug-likeness (QED) is 0.602. The fraction of sp³-hybridized carbons (Fsp3) is 0.481. The minimum absolute atomic E-state index is 0.0820. The van der Waals surface area contributed by atoms with E-state index in [1.165, 1.54) is 12.8 Å². The van der Waals surface area contributed by atoms with Gasteiger partial charge in [0.2, 0.25) is 0 Å². The Morgan fingerprint density at radius 1 is 1.29 bits per heavy atom. The Morgan fingerprint density at radius 3 is 2.94 bits per heavy atom. The van der Waals surface area contributed by atoms with Gasteiger partial charge < -0.3 is 19.7 Å². The van der Waals surface area contributed by atoms with Gasteiger partial charge in [-0.25, -0.2) is 0 Å². The zero-order chi connectivity index (χ0) is 23.7. The van der Waals surface area contributed by atoms with Crippen molar-refractivity contribution in [3.8, 4) is 17.2 Å². The number of ether oxygens (including phenoxy) is 2. The topological polar surface area (TPSA) is 96.5 Å². The van der Waals surface area contributed by atoms with Gasteiger partial charge in [-0.05, 0) is 61.9 Å². The molecule has 2 aliphatic heterocycles. The molecular formula is C27H27N3O5. The van der Waals surface area contributed by atoms with Gasteiger partial charge in [0.05, 0.1) is 23.8 Å². The lowest BCUT2D eigenvalue weighted by atomic mass is 9.49. The third-order valence-electron chi connectivity index (χ3n) is 9.39. The van der Waals surface area contributed by atoms with Crippen LogP contribution in [0.5, 0.6) is 17.2 Å². The number of phenolic OH excluding ortho intramolecular Hbond substituents is 1. The van der Waals surface area contributed by atoms with Crippen molar-refractivity contribution in [3.05, 3.63) is 63.2 Å². The molecule has 2 aromatic heterocycles. The van der Waals surface area contributed by atoms with E-state index in [4.69, 9.17) is 9.47 Å². The average Bonchev–Trinajstić information content (AvgIpc) is 3.59. The maximum atomic E-state index is 13.5. The van der Waals surface area contributed by atoms with Crippen molar-refractivity contribution in [1.82, 2.24) is 14.3 Å². The van der Waals surface area contributed by atoms with Gasteiger partial charge in [-0.2, -0.15) is 4.98 Å². The number of aromatic hydroxyl groups is 1. The van der Waals surface area contributed by atoms with Gasteiger partial charge >= 0.3 is 0 Å². The molecule has 180 valence electrons. The number of phenols is 1. The van der Waals surface area contributed by atoms with E-state index in [9.17, 15) is 15.0 Å². The Balaban J connectivity index is 1.45. The first-order valence-electron chi connectivity index (χ1n) is 12.5. The van der Waals surface area contributed by atoms with Crippen LogP contribution in [0, 0.1) is 5.92 Å². The fourth-order valence-corrected chi connectivity index (χ4v) is 7.74. The molecule has 8 heteroatoms. The van der Waals surface area contributed by atoms with Crippen molar-refractivity contribution in [1.29, 1.82) is 0 Å². The number of hydrogen-bond acceptors (Lipinski definition) is 7. The molecule has 2 N–H and O–H groups in total. The molecule has 1 saturated heterocycles. The van der Waals surface area contributed by atoms with Crippen LogP contribution in [0.3, 0.4) is 0 Å². The minimum atomic E-state index is -1.20. The summed E-state index contributed by atoms with van der Waals surface area (Å²) in [7, 11) is 1.56. The summed E-state index contributed by atoms with van der Waals surface area (Å²) < 4.78 is 14.0. The van der Waals surface area contributed by atoms with Crippen LogP contribution in [0.2, 0.25) is 0 Å². The molecule has 2 fully saturated rings. The second kappa shape index (κ2) is 6.36. The minimum Gasteiger partial charge on any atom is -0.504 e. The highest BCUT2D eigenvalue weighted by Crippen LogP contribution is 2.68. The molecule has 0 unspecified atom stereocenters. The number of methoxy groups -OCH3 is 1. The van der Waals surface area contributed by atoms with Crippen molar-refractivity contribution in [2.75, 3.05) is 20.2 Å². The summed E-state index contributed by atoms with van der Waals surface area (Å²) in [4.78, 5) is 20.3. The van der Waals surface area contributed by atoms with Crippen LogP contribution in [0.4, 0.5) is 0 Å². The lowest BCUT2D eigenvalue weighted by molar-refractivity contribution is -0.174. The third-order valence-corrected chi connectivity index (χ3v) is 9.39. The monoisotopic (exact) mass is 473 g/mol. The van der Waals surface area contributed by atoms with Crippen LogP contribution < -0.4 is 15.0 Å². The molecular weight excluding hydrogens is 446 g/mol. The molecule has 3 aliphatic carbocycles. The number of pyridine rings is 1. The first-order chi connectivity index (χ1) is 17.0. The maximum Gasteiger partial charge on any atom is 0.277 e. The number of nitrogens with zero attached hydrogens (tertiary/aromatic N) is 3.